The molecule has 0 saturated carbocycles. The van der Waals surface area contributed by atoms with Gasteiger partial charge in [0.2, 0.25) is 0 Å². The second-order valence-corrected chi connectivity index (χ2v) is 7.35. The molecule has 132 valence electrons. The van der Waals surface area contributed by atoms with E-state index in [9.17, 15) is 9.46 Å². The molecule has 2 unspecified atom stereocenters. The second kappa shape index (κ2) is 16.0. The van der Waals surface area contributed by atoms with Gasteiger partial charge in [0.15, 0.2) is 0 Å². The van der Waals surface area contributed by atoms with Crippen molar-refractivity contribution < 1.29 is 59.3 Å². The monoisotopic (exact) mass is 464 g/mol. The van der Waals surface area contributed by atoms with Gasteiger partial charge in [-0.2, -0.15) is 0 Å². The van der Waals surface area contributed by atoms with E-state index in [1.165, 1.54) is 0 Å². The van der Waals surface area contributed by atoms with Crippen LogP contribution in [0.25, 0.3) is 0 Å². The molecule has 1 N–H and O–H groups in total. The zero-order valence-electron chi connectivity index (χ0n) is 14.8. The molecule has 0 aromatic rings. The number of unbranched alkanes of at least 4 members (excludes halogenated alkanes) is 2. The van der Waals surface area contributed by atoms with Crippen molar-refractivity contribution in [1.82, 2.24) is 0 Å². The minimum absolute atomic E-state index is 0. The molecule has 0 aromatic carbocycles. The Morgan fingerprint density at radius 2 is 1.23 bits per heavy atom. The second-order valence-electron chi connectivity index (χ2n) is 5.89. The van der Waals surface area contributed by atoms with Crippen LogP contribution in [-0.4, -0.2) is 18.1 Å². The van der Waals surface area contributed by atoms with E-state index in [0.29, 0.717) is 25.0 Å². The minimum Gasteiger partial charge on any atom is -0.302 e. The molecule has 0 rings (SSSR count). The number of rotatable bonds is 14. The topological polar surface area (TPSA) is 55.8 Å². The minimum atomic E-state index is -3.89. The van der Waals surface area contributed by atoms with Crippen LogP contribution in [0.15, 0.2) is 0 Å². The fourth-order valence-corrected chi connectivity index (χ4v) is 3.11. The van der Waals surface area contributed by atoms with Crippen molar-refractivity contribution in [3.63, 3.8) is 0 Å². The Balaban J connectivity index is 0. The molecule has 0 fully saturated rings. The Kier molecular flexibility index (Phi) is 18.6. The van der Waals surface area contributed by atoms with Crippen molar-refractivity contribution in [2.24, 2.45) is 11.8 Å². The summed E-state index contributed by atoms with van der Waals surface area (Å²) in [6.07, 6.45) is 8.56. The van der Waals surface area contributed by atoms with E-state index in [-0.39, 0.29) is 40.8 Å². The molecular formula is C16H35NdO4P. The summed E-state index contributed by atoms with van der Waals surface area (Å²) in [5.41, 5.74) is 0. The molecular weight excluding hydrogens is 431 g/mol. The molecule has 4 nitrogen and oxygen atoms in total. The van der Waals surface area contributed by atoms with Gasteiger partial charge in [-0.25, -0.2) is 4.57 Å². The van der Waals surface area contributed by atoms with Crippen LogP contribution < -0.4 is 0 Å². The van der Waals surface area contributed by atoms with Gasteiger partial charge < -0.3 is 4.89 Å². The first kappa shape index (κ1) is 25.7. The first-order valence-electron chi connectivity index (χ1n) is 8.60. The summed E-state index contributed by atoms with van der Waals surface area (Å²) in [7, 11) is -3.89. The Labute approximate surface area is 170 Å². The maximum Gasteiger partial charge on any atom is 0.472 e. The van der Waals surface area contributed by atoms with Crippen molar-refractivity contribution in [3.05, 3.63) is 0 Å². The fourth-order valence-electron chi connectivity index (χ4n) is 2.23. The third kappa shape index (κ3) is 13.9. The van der Waals surface area contributed by atoms with E-state index >= 15 is 0 Å². The summed E-state index contributed by atoms with van der Waals surface area (Å²) in [4.78, 5) is 9.77. The molecule has 0 radical (unpaired) electrons. The van der Waals surface area contributed by atoms with E-state index in [4.69, 9.17) is 9.05 Å². The van der Waals surface area contributed by atoms with Gasteiger partial charge in [0.25, 0.3) is 0 Å². The van der Waals surface area contributed by atoms with Crippen LogP contribution in [0.5, 0.6) is 0 Å². The number of hydrogen-bond acceptors (Lipinski definition) is 3. The molecule has 0 heterocycles. The first-order chi connectivity index (χ1) is 9.99. The predicted molar refractivity (Wildman–Crippen MR) is 88.3 cm³/mol. The Bertz CT molecular complexity index is 265. The van der Waals surface area contributed by atoms with Crippen molar-refractivity contribution in [2.45, 2.75) is 79.1 Å². The summed E-state index contributed by atoms with van der Waals surface area (Å²) < 4.78 is 22.2. The smallest absolute Gasteiger partial charge is 0.302 e. The van der Waals surface area contributed by atoms with E-state index in [2.05, 4.69) is 27.7 Å². The normalized spacial score (nSPS) is 16.6. The molecule has 6 heteroatoms. The van der Waals surface area contributed by atoms with Gasteiger partial charge in [0, 0.05) is 40.8 Å². The van der Waals surface area contributed by atoms with E-state index < -0.39 is 7.82 Å². The fraction of sp³-hybridized carbons (Fsp3) is 1.00. The SMILES string of the molecule is CCCCC(CC)COP(=O)(O)OCC(CC)CCCC.[Nd]. The Hall–Kier alpha value is 1.46. The zero-order chi connectivity index (χ0) is 16.1. The molecule has 2 atom stereocenters. The molecule has 0 aromatic heterocycles. The van der Waals surface area contributed by atoms with Gasteiger partial charge in [0.05, 0.1) is 13.2 Å². The summed E-state index contributed by atoms with van der Waals surface area (Å²) in [6, 6.07) is 0. The van der Waals surface area contributed by atoms with Crippen molar-refractivity contribution in [1.29, 1.82) is 0 Å². The summed E-state index contributed by atoms with van der Waals surface area (Å²) in [6.45, 7) is 9.10. The zero-order valence-corrected chi connectivity index (χ0v) is 18.9. The first-order valence-corrected chi connectivity index (χ1v) is 10.1. The van der Waals surface area contributed by atoms with Gasteiger partial charge in [-0.15, -0.1) is 0 Å². The van der Waals surface area contributed by atoms with Crippen LogP contribution >= 0.6 is 7.82 Å². The number of phosphoric ester groups is 1. The van der Waals surface area contributed by atoms with Crippen LogP contribution in [0, 0.1) is 52.7 Å². The molecule has 0 aliphatic carbocycles. The molecule has 22 heavy (non-hydrogen) atoms. The number of hydrogen-bond donors (Lipinski definition) is 1. The predicted octanol–water partition coefficient (Wildman–Crippen LogP) is 5.55. The quantitative estimate of drug-likeness (QED) is 0.341. The van der Waals surface area contributed by atoms with Crippen molar-refractivity contribution >= 4 is 7.82 Å². The molecule has 0 spiro atoms. The van der Waals surface area contributed by atoms with E-state index in [1.807, 2.05) is 0 Å². The third-order valence-corrected chi connectivity index (χ3v) is 4.98. The molecule has 0 aliphatic rings. The van der Waals surface area contributed by atoms with Gasteiger partial charge in [-0.05, 0) is 24.7 Å². The van der Waals surface area contributed by atoms with Crippen molar-refractivity contribution in [2.75, 3.05) is 13.2 Å². The van der Waals surface area contributed by atoms with Crippen LogP contribution in [0.2, 0.25) is 0 Å². The number of phosphoric acid groups is 1. The third-order valence-electron chi connectivity index (χ3n) is 4.03. The van der Waals surface area contributed by atoms with Gasteiger partial charge in [-0.1, -0.05) is 66.2 Å². The van der Waals surface area contributed by atoms with Crippen LogP contribution in [-0.2, 0) is 13.6 Å². The maximum absolute atomic E-state index is 11.9. The summed E-state index contributed by atoms with van der Waals surface area (Å²) in [5.74, 6) is 0.687. The maximum atomic E-state index is 11.9. The Morgan fingerprint density at radius 1 is 0.864 bits per heavy atom. The van der Waals surface area contributed by atoms with Gasteiger partial charge >= 0.3 is 7.82 Å². The van der Waals surface area contributed by atoms with E-state index in [0.717, 1.165) is 51.4 Å². The Morgan fingerprint density at radius 3 is 1.50 bits per heavy atom. The van der Waals surface area contributed by atoms with Crippen LogP contribution in [0.1, 0.15) is 79.1 Å². The van der Waals surface area contributed by atoms with Gasteiger partial charge in [0.1, 0.15) is 0 Å². The summed E-state index contributed by atoms with van der Waals surface area (Å²) in [5, 5.41) is 0. The van der Waals surface area contributed by atoms with Crippen LogP contribution in [0.3, 0.4) is 0 Å². The molecule has 0 amide bonds. The summed E-state index contributed by atoms with van der Waals surface area (Å²) >= 11 is 0. The van der Waals surface area contributed by atoms with E-state index in [1.54, 1.807) is 0 Å². The standard InChI is InChI=1S/C16H35O4P.Nd/c1-5-9-11-15(7-3)13-19-21(17,18)20-14-16(8-4)12-10-6-2;/h15-16H,5-14H2,1-4H3,(H,17,18);. The molecule has 0 saturated heterocycles. The average Bonchev–Trinajstić information content (AvgIpc) is 2.47. The largest absolute Gasteiger partial charge is 0.472 e. The van der Waals surface area contributed by atoms with Crippen LogP contribution in [0.4, 0.5) is 0 Å². The molecule has 0 bridgehead atoms. The molecule has 0 aliphatic heterocycles. The van der Waals surface area contributed by atoms with Crippen molar-refractivity contribution in [3.8, 4) is 0 Å². The average molecular weight is 467 g/mol. The van der Waals surface area contributed by atoms with Gasteiger partial charge in [-0.3, -0.25) is 9.05 Å².